The van der Waals surface area contributed by atoms with Gasteiger partial charge < -0.3 is 20.3 Å². The molecule has 0 aromatic carbocycles. The predicted molar refractivity (Wildman–Crippen MR) is 109 cm³/mol. The normalized spacial score (nSPS) is 11.1. The molecule has 28 heavy (non-hydrogen) atoms. The second-order valence-corrected chi connectivity index (χ2v) is 6.82. The fourth-order valence-corrected chi connectivity index (χ4v) is 3.06. The number of imidazole rings is 1. The van der Waals surface area contributed by atoms with Gasteiger partial charge in [-0.1, -0.05) is 13.3 Å². The van der Waals surface area contributed by atoms with E-state index < -0.39 is 0 Å². The number of nitrogens with zero attached hydrogens (tertiary/aromatic N) is 5. The van der Waals surface area contributed by atoms with Crippen LogP contribution < -0.4 is 15.2 Å². The van der Waals surface area contributed by atoms with Gasteiger partial charge in [-0.05, 0) is 41.3 Å². The molecule has 0 aliphatic carbocycles. The van der Waals surface area contributed by atoms with Crippen LogP contribution in [0.5, 0.6) is 11.9 Å². The molecule has 3 aromatic rings. The van der Waals surface area contributed by atoms with Crippen molar-refractivity contribution in [1.29, 1.82) is 0 Å². The lowest BCUT2D eigenvalue weighted by Gasteiger charge is -2.09. The molecular formula is C18H23BrN6O3. The average molecular weight is 451 g/mol. The fraction of sp³-hybridized carbons (Fsp3) is 0.444. The third-order valence-electron chi connectivity index (χ3n) is 3.98. The van der Waals surface area contributed by atoms with Crippen molar-refractivity contribution in [2.45, 2.75) is 32.6 Å². The number of nitrogens with two attached hydrogens (primary N) is 1. The second kappa shape index (κ2) is 9.65. The standard InChI is InChI=1S/C18H23BrN6O3/c1-2-3-9-28-18-23-15(20)14-16(24-18)25(17(19)22-14)12-6-7-13(21-11-12)27-10-5-4-8-26/h6-7,11,26H,2-5,8-10H2,1H3,(H2,20,23,24). The van der Waals surface area contributed by atoms with E-state index in [4.69, 9.17) is 20.3 Å². The van der Waals surface area contributed by atoms with E-state index in [2.05, 4.69) is 42.8 Å². The lowest BCUT2D eigenvalue weighted by Crippen LogP contribution is -2.05. The minimum Gasteiger partial charge on any atom is -0.478 e. The average Bonchev–Trinajstić information content (AvgIpc) is 3.03. The van der Waals surface area contributed by atoms with E-state index in [1.54, 1.807) is 16.8 Å². The van der Waals surface area contributed by atoms with Gasteiger partial charge in [0.2, 0.25) is 5.88 Å². The lowest BCUT2D eigenvalue weighted by atomic mass is 10.3. The Balaban J connectivity index is 1.86. The van der Waals surface area contributed by atoms with Gasteiger partial charge in [0, 0.05) is 12.7 Å². The van der Waals surface area contributed by atoms with E-state index in [1.807, 2.05) is 6.07 Å². The maximum absolute atomic E-state index is 8.80. The molecule has 3 heterocycles. The predicted octanol–water partition coefficient (Wildman–Crippen LogP) is 2.89. The summed E-state index contributed by atoms with van der Waals surface area (Å²) in [7, 11) is 0. The van der Waals surface area contributed by atoms with Crippen molar-refractivity contribution in [2.24, 2.45) is 0 Å². The number of pyridine rings is 1. The van der Waals surface area contributed by atoms with Crippen molar-refractivity contribution in [3.05, 3.63) is 23.1 Å². The number of halogens is 1. The number of hydrogen-bond acceptors (Lipinski definition) is 8. The largest absolute Gasteiger partial charge is 0.478 e. The summed E-state index contributed by atoms with van der Waals surface area (Å²) >= 11 is 3.45. The number of ether oxygens (including phenoxy) is 2. The Hall–Kier alpha value is -2.46. The Labute approximate surface area is 171 Å². The highest BCUT2D eigenvalue weighted by atomic mass is 79.9. The first-order valence-electron chi connectivity index (χ1n) is 9.18. The summed E-state index contributed by atoms with van der Waals surface area (Å²) in [6.45, 7) is 3.28. The molecule has 9 nitrogen and oxygen atoms in total. The van der Waals surface area contributed by atoms with E-state index in [0.717, 1.165) is 24.9 Å². The number of fused-ring (bicyclic) bond motifs is 1. The minimum absolute atomic E-state index is 0.159. The van der Waals surface area contributed by atoms with E-state index in [0.29, 0.717) is 41.4 Å². The van der Waals surface area contributed by atoms with Crippen molar-refractivity contribution >= 4 is 32.9 Å². The van der Waals surface area contributed by atoms with Gasteiger partial charge in [-0.15, -0.1) is 0 Å². The molecule has 10 heteroatoms. The number of unbranched alkanes of at least 4 members (excludes halogenated alkanes) is 2. The van der Waals surface area contributed by atoms with Crippen LogP contribution >= 0.6 is 15.9 Å². The first kappa shape index (κ1) is 20.3. The number of rotatable bonds is 10. The number of nitrogen functional groups attached to an aromatic ring is 1. The maximum atomic E-state index is 8.80. The Kier molecular flexibility index (Phi) is 6.99. The number of hydrogen-bond donors (Lipinski definition) is 2. The van der Waals surface area contributed by atoms with Gasteiger partial charge >= 0.3 is 6.01 Å². The van der Waals surface area contributed by atoms with Crippen LogP contribution in [0.15, 0.2) is 23.1 Å². The zero-order chi connectivity index (χ0) is 19.9. The van der Waals surface area contributed by atoms with Crippen molar-refractivity contribution in [2.75, 3.05) is 25.6 Å². The van der Waals surface area contributed by atoms with E-state index in [1.165, 1.54) is 0 Å². The highest BCUT2D eigenvalue weighted by Crippen LogP contribution is 2.28. The summed E-state index contributed by atoms with van der Waals surface area (Å²) in [6, 6.07) is 3.86. The van der Waals surface area contributed by atoms with Crippen LogP contribution in [0.25, 0.3) is 16.9 Å². The molecule has 0 radical (unpaired) electrons. The molecule has 3 N–H and O–H groups in total. The van der Waals surface area contributed by atoms with Crippen molar-refractivity contribution in [3.8, 4) is 17.6 Å². The van der Waals surface area contributed by atoms with Crippen LogP contribution in [0.2, 0.25) is 0 Å². The van der Waals surface area contributed by atoms with E-state index in [-0.39, 0.29) is 18.4 Å². The molecule has 0 spiro atoms. The fourth-order valence-electron chi connectivity index (χ4n) is 2.51. The topological polar surface area (TPSA) is 121 Å². The molecule has 0 atom stereocenters. The summed E-state index contributed by atoms with van der Waals surface area (Å²) in [5, 5.41) is 8.80. The monoisotopic (exact) mass is 450 g/mol. The first-order valence-corrected chi connectivity index (χ1v) is 9.97. The molecule has 0 unspecified atom stereocenters. The van der Waals surface area contributed by atoms with Gasteiger partial charge in [0.05, 0.1) is 25.1 Å². The SMILES string of the molecule is CCCCOc1nc(N)c2nc(Br)n(-c3ccc(OCCCCO)nc3)c2n1. The van der Waals surface area contributed by atoms with E-state index in [9.17, 15) is 0 Å². The van der Waals surface area contributed by atoms with Crippen LogP contribution in [0, 0.1) is 0 Å². The van der Waals surface area contributed by atoms with Crippen LogP contribution in [0.4, 0.5) is 5.82 Å². The molecule has 0 aliphatic heterocycles. The van der Waals surface area contributed by atoms with Crippen LogP contribution in [-0.2, 0) is 0 Å². The zero-order valence-corrected chi connectivity index (χ0v) is 17.2. The molecule has 0 saturated carbocycles. The van der Waals surface area contributed by atoms with Gasteiger partial charge in [0.15, 0.2) is 21.7 Å². The van der Waals surface area contributed by atoms with Crippen molar-refractivity contribution in [1.82, 2.24) is 24.5 Å². The summed E-state index contributed by atoms with van der Waals surface area (Å²) < 4.78 is 13.5. The minimum atomic E-state index is 0.159. The summed E-state index contributed by atoms with van der Waals surface area (Å²) in [5.74, 6) is 0.771. The molecule has 150 valence electrons. The number of anilines is 1. The van der Waals surface area contributed by atoms with Gasteiger partial charge in [-0.2, -0.15) is 9.97 Å². The first-order chi connectivity index (χ1) is 13.6. The van der Waals surface area contributed by atoms with Gasteiger partial charge in [0.25, 0.3) is 0 Å². The van der Waals surface area contributed by atoms with Crippen LogP contribution in [-0.4, -0.2) is 49.4 Å². The maximum Gasteiger partial charge on any atom is 0.320 e. The van der Waals surface area contributed by atoms with Gasteiger partial charge in [-0.25, -0.2) is 9.97 Å². The highest BCUT2D eigenvalue weighted by molar-refractivity contribution is 9.10. The Morgan fingerprint density at radius 2 is 1.93 bits per heavy atom. The number of aliphatic hydroxyl groups excluding tert-OH is 1. The van der Waals surface area contributed by atoms with E-state index >= 15 is 0 Å². The summed E-state index contributed by atoms with van der Waals surface area (Å²) in [5.41, 5.74) is 7.81. The third-order valence-corrected chi connectivity index (χ3v) is 4.51. The molecule has 0 fully saturated rings. The summed E-state index contributed by atoms with van der Waals surface area (Å²) in [6.07, 6.45) is 5.07. The Bertz CT molecular complexity index is 916. The Morgan fingerprint density at radius 3 is 2.64 bits per heavy atom. The smallest absolute Gasteiger partial charge is 0.320 e. The summed E-state index contributed by atoms with van der Waals surface area (Å²) in [4.78, 5) is 17.4. The zero-order valence-electron chi connectivity index (χ0n) is 15.6. The molecule has 0 bridgehead atoms. The van der Waals surface area contributed by atoms with Crippen LogP contribution in [0.3, 0.4) is 0 Å². The number of aliphatic hydroxyl groups is 1. The quantitative estimate of drug-likeness (QED) is 0.357. The van der Waals surface area contributed by atoms with Crippen molar-refractivity contribution < 1.29 is 14.6 Å². The molecule has 3 aromatic heterocycles. The third kappa shape index (κ3) is 4.68. The molecule has 0 aliphatic rings. The van der Waals surface area contributed by atoms with Crippen molar-refractivity contribution in [3.63, 3.8) is 0 Å². The second-order valence-electron chi connectivity index (χ2n) is 6.12. The molecular weight excluding hydrogens is 428 g/mol. The number of aromatic nitrogens is 5. The van der Waals surface area contributed by atoms with Crippen LogP contribution in [0.1, 0.15) is 32.6 Å². The van der Waals surface area contributed by atoms with Gasteiger partial charge in [-0.3, -0.25) is 4.57 Å². The molecule has 0 saturated heterocycles. The Morgan fingerprint density at radius 1 is 1.11 bits per heavy atom. The lowest BCUT2D eigenvalue weighted by molar-refractivity contribution is 0.249. The highest BCUT2D eigenvalue weighted by Gasteiger charge is 2.17. The van der Waals surface area contributed by atoms with Gasteiger partial charge in [0.1, 0.15) is 0 Å². The molecule has 0 amide bonds. The molecule has 3 rings (SSSR count).